The molecule has 1 saturated carbocycles. The number of hydrogen-bond donors (Lipinski definition) is 1. The van der Waals surface area contributed by atoms with Crippen molar-refractivity contribution < 1.29 is 0 Å². The third-order valence-corrected chi connectivity index (χ3v) is 5.73. The summed E-state index contributed by atoms with van der Waals surface area (Å²) >= 11 is 0. The third-order valence-electron chi connectivity index (χ3n) is 5.73. The van der Waals surface area contributed by atoms with E-state index in [0.717, 1.165) is 50.5 Å². The molecule has 1 N–H and O–H groups in total. The van der Waals surface area contributed by atoms with Gasteiger partial charge in [0.2, 0.25) is 0 Å². The largest absolute Gasteiger partial charge is 0.383 e. The zero-order valence-corrected chi connectivity index (χ0v) is 15.2. The van der Waals surface area contributed by atoms with E-state index in [4.69, 9.17) is 5.26 Å². The molecule has 2 aliphatic rings. The molecule has 2 aromatic carbocycles. The molecule has 1 aliphatic carbocycles. The van der Waals surface area contributed by atoms with Crippen molar-refractivity contribution in [2.75, 3.05) is 38.0 Å². The Morgan fingerprint density at radius 1 is 0.962 bits per heavy atom. The Balaban J connectivity index is 1.29. The zero-order chi connectivity index (χ0) is 17.8. The maximum atomic E-state index is 9.05. The van der Waals surface area contributed by atoms with E-state index in [2.05, 4.69) is 57.6 Å². The van der Waals surface area contributed by atoms with Gasteiger partial charge in [-0.3, -0.25) is 9.80 Å². The summed E-state index contributed by atoms with van der Waals surface area (Å²) in [5, 5.41) is 12.6. The standard InChI is InChI=1S/C22H26N4/c23-16-20-7-4-8-21(15-20)24-18-22(9-10-22)26-13-11-25(12-14-26)17-19-5-2-1-3-6-19/h1-8,15,24H,9-14,17-18H2. The van der Waals surface area contributed by atoms with Crippen LogP contribution >= 0.6 is 0 Å². The first kappa shape index (κ1) is 17.1. The minimum absolute atomic E-state index is 0.321. The number of rotatable bonds is 6. The molecule has 26 heavy (non-hydrogen) atoms. The number of hydrogen-bond acceptors (Lipinski definition) is 4. The van der Waals surface area contributed by atoms with Gasteiger partial charge < -0.3 is 5.32 Å². The van der Waals surface area contributed by atoms with Gasteiger partial charge in [0.25, 0.3) is 0 Å². The SMILES string of the molecule is N#Cc1cccc(NCC2(N3CCN(Cc4ccccc4)CC3)CC2)c1. The van der Waals surface area contributed by atoms with Gasteiger partial charge in [-0.25, -0.2) is 0 Å². The molecule has 2 aromatic rings. The molecular weight excluding hydrogens is 320 g/mol. The summed E-state index contributed by atoms with van der Waals surface area (Å²) in [5.74, 6) is 0. The summed E-state index contributed by atoms with van der Waals surface area (Å²) in [6.07, 6.45) is 2.55. The van der Waals surface area contributed by atoms with Crippen molar-refractivity contribution in [3.63, 3.8) is 0 Å². The number of nitriles is 1. The van der Waals surface area contributed by atoms with Crippen LogP contribution in [0.3, 0.4) is 0 Å². The maximum Gasteiger partial charge on any atom is 0.0992 e. The number of piperazine rings is 1. The summed E-state index contributed by atoms with van der Waals surface area (Å²) in [4.78, 5) is 5.24. The second-order valence-electron chi connectivity index (χ2n) is 7.52. The highest BCUT2D eigenvalue weighted by atomic mass is 15.3. The Bertz CT molecular complexity index is 768. The predicted molar refractivity (Wildman–Crippen MR) is 105 cm³/mol. The van der Waals surface area contributed by atoms with E-state index in [1.54, 1.807) is 0 Å². The molecule has 1 saturated heterocycles. The minimum atomic E-state index is 0.321. The van der Waals surface area contributed by atoms with E-state index in [1.807, 2.05) is 18.2 Å². The lowest BCUT2D eigenvalue weighted by Gasteiger charge is -2.40. The monoisotopic (exact) mass is 346 g/mol. The average molecular weight is 346 g/mol. The van der Waals surface area contributed by atoms with Gasteiger partial charge in [-0.05, 0) is 36.6 Å². The van der Waals surface area contributed by atoms with E-state index in [1.165, 1.54) is 18.4 Å². The highest BCUT2D eigenvalue weighted by Crippen LogP contribution is 2.42. The molecule has 134 valence electrons. The van der Waals surface area contributed by atoms with E-state index in [0.29, 0.717) is 5.54 Å². The van der Waals surface area contributed by atoms with Crippen LogP contribution < -0.4 is 5.32 Å². The Kier molecular flexibility index (Phi) is 4.92. The Hall–Kier alpha value is -2.35. The highest BCUT2D eigenvalue weighted by molar-refractivity contribution is 5.49. The van der Waals surface area contributed by atoms with Crippen molar-refractivity contribution in [3.8, 4) is 6.07 Å². The van der Waals surface area contributed by atoms with Gasteiger partial charge >= 0.3 is 0 Å². The quantitative estimate of drug-likeness (QED) is 0.871. The van der Waals surface area contributed by atoms with Gasteiger partial charge in [0, 0.05) is 50.5 Å². The summed E-state index contributed by atoms with van der Waals surface area (Å²) in [6.45, 7) is 6.60. The van der Waals surface area contributed by atoms with Crippen LogP contribution in [-0.2, 0) is 6.54 Å². The first-order chi connectivity index (χ1) is 12.8. The second kappa shape index (κ2) is 7.49. The van der Waals surface area contributed by atoms with E-state index >= 15 is 0 Å². The van der Waals surface area contributed by atoms with Crippen LogP contribution in [0.4, 0.5) is 5.69 Å². The van der Waals surface area contributed by atoms with Crippen molar-refractivity contribution in [2.24, 2.45) is 0 Å². The normalized spacial score (nSPS) is 19.7. The van der Waals surface area contributed by atoms with Crippen LogP contribution in [0.25, 0.3) is 0 Å². The Labute approximate surface area is 156 Å². The fourth-order valence-corrected chi connectivity index (χ4v) is 3.94. The average Bonchev–Trinajstić information content (AvgIpc) is 3.49. The molecule has 4 heteroatoms. The van der Waals surface area contributed by atoms with Crippen LogP contribution in [0, 0.1) is 11.3 Å². The molecule has 4 nitrogen and oxygen atoms in total. The fraction of sp³-hybridized carbons (Fsp3) is 0.409. The van der Waals surface area contributed by atoms with Crippen molar-refractivity contribution in [3.05, 3.63) is 65.7 Å². The first-order valence-corrected chi connectivity index (χ1v) is 9.53. The molecule has 0 aromatic heterocycles. The molecule has 0 unspecified atom stereocenters. The molecule has 0 spiro atoms. The molecule has 2 fully saturated rings. The highest BCUT2D eigenvalue weighted by Gasteiger charge is 2.48. The van der Waals surface area contributed by atoms with Gasteiger partial charge in [0.1, 0.15) is 0 Å². The second-order valence-corrected chi connectivity index (χ2v) is 7.52. The number of nitrogens with zero attached hydrogens (tertiary/aromatic N) is 3. The third kappa shape index (κ3) is 3.90. The van der Waals surface area contributed by atoms with Gasteiger partial charge in [0.15, 0.2) is 0 Å². The van der Waals surface area contributed by atoms with Crippen LogP contribution in [0.5, 0.6) is 0 Å². The van der Waals surface area contributed by atoms with Gasteiger partial charge in [-0.15, -0.1) is 0 Å². The van der Waals surface area contributed by atoms with Crippen molar-refractivity contribution in [1.29, 1.82) is 5.26 Å². The van der Waals surface area contributed by atoms with Gasteiger partial charge in [-0.1, -0.05) is 36.4 Å². The van der Waals surface area contributed by atoms with Crippen LogP contribution in [-0.4, -0.2) is 48.1 Å². The van der Waals surface area contributed by atoms with Crippen LogP contribution in [0.2, 0.25) is 0 Å². The molecule has 4 rings (SSSR count). The van der Waals surface area contributed by atoms with Crippen LogP contribution in [0.15, 0.2) is 54.6 Å². The molecule has 0 bridgehead atoms. The van der Waals surface area contributed by atoms with Crippen molar-refractivity contribution in [1.82, 2.24) is 9.80 Å². The van der Waals surface area contributed by atoms with Crippen LogP contribution in [0.1, 0.15) is 24.0 Å². The minimum Gasteiger partial charge on any atom is -0.383 e. The lowest BCUT2D eigenvalue weighted by molar-refractivity contribution is 0.0856. The molecule has 0 amide bonds. The van der Waals surface area contributed by atoms with E-state index in [9.17, 15) is 0 Å². The topological polar surface area (TPSA) is 42.3 Å². The summed E-state index contributed by atoms with van der Waals surface area (Å²) in [6, 6.07) is 20.8. The maximum absolute atomic E-state index is 9.05. The van der Waals surface area contributed by atoms with Crippen molar-refractivity contribution in [2.45, 2.75) is 24.9 Å². The lowest BCUT2D eigenvalue weighted by Crippen LogP contribution is -2.53. The van der Waals surface area contributed by atoms with E-state index < -0.39 is 0 Å². The summed E-state index contributed by atoms with van der Waals surface area (Å²) < 4.78 is 0. The molecule has 0 atom stereocenters. The predicted octanol–water partition coefficient (Wildman–Crippen LogP) is 3.32. The Morgan fingerprint density at radius 3 is 2.42 bits per heavy atom. The van der Waals surface area contributed by atoms with Crippen molar-refractivity contribution >= 4 is 5.69 Å². The summed E-state index contributed by atoms with van der Waals surface area (Å²) in [7, 11) is 0. The fourth-order valence-electron chi connectivity index (χ4n) is 3.94. The molecule has 0 radical (unpaired) electrons. The molecule has 1 aliphatic heterocycles. The summed E-state index contributed by atoms with van der Waals surface area (Å²) in [5.41, 5.74) is 3.50. The Morgan fingerprint density at radius 2 is 1.73 bits per heavy atom. The van der Waals surface area contributed by atoms with E-state index in [-0.39, 0.29) is 0 Å². The van der Waals surface area contributed by atoms with Gasteiger partial charge in [0.05, 0.1) is 11.6 Å². The zero-order valence-electron chi connectivity index (χ0n) is 15.2. The number of anilines is 1. The number of nitrogens with one attached hydrogen (secondary N) is 1. The smallest absolute Gasteiger partial charge is 0.0992 e. The number of benzene rings is 2. The van der Waals surface area contributed by atoms with Gasteiger partial charge in [-0.2, -0.15) is 5.26 Å². The first-order valence-electron chi connectivity index (χ1n) is 9.53. The molecular formula is C22H26N4. The molecule has 1 heterocycles. The lowest BCUT2D eigenvalue weighted by atomic mass is 10.1.